The minimum atomic E-state index is 0.532. The maximum absolute atomic E-state index is 4.53. The van der Waals surface area contributed by atoms with Crippen LogP contribution in [0, 0.1) is 0 Å². The third-order valence-corrected chi connectivity index (χ3v) is 3.45. The maximum Gasteiger partial charge on any atom is 0.0689 e. The zero-order valence-electron chi connectivity index (χ0n) is 9.61. The molecule has 1 aromatic carbocycles. The van der Waals surface area contributed by atoms with Crippen molar-refractivity contribution in [3.8, 4) is 0 Å². The molecule has 1 unspecified atom stereocenters. The van der Waals surface area contributed by atoms with Gasteiger partial charge in [0.1, 0.15) is 0 Å². The van der Waals surface area contributed by atoms with E-state index in [0.717, 1.165) is 19.5 Å². The SMILES string of the molecule is CCc1ccc2cnn(C3CCNC3)c2c1. The lowest BCUT2D eigenvalue weighted by Crippen LogP contribution is -2.14. The minimum absolute atomic E-state index is 0.532. The van der Waals surface area contributed by atoms with Crippen LogP contribution in [-0.2, 0) is 6.42 Å². The molecule has 3 nitrogen and oxygen atoms in total. The van der Waals surface area contributed by atoms with Crippen molar-refractivity contribution in [3.05, 3.63) is 30.0 Å². The molecule has 0 bridgehead atoms. The second-order valence-corrected chi connectivity index (χ2v) is 4.48. The van der Waals surface area contributed by atoms with E-state index in [4.69, 9.17) is 0 Å². The van der Waals surface area contributed by atoms with Gasteiger partial charge in [-0.05, 0) is 31.0 Å². The Morgan fingerprint density at radius 2 is 2.44 bits per heavy atom. The van der Waals surface area contributed by atoms with E-state index < -0.39 is 0 Å². The van der Waals surface area contributed by atoms with Crippen molar-refractivity contribution in [2.45, 2.75) is 25.8 Å². The van der Waals surface area contributed by atoms with E-state index in [-0.39, 0.29) is 0 Å². The summed E-state index contributed by atoms with van der Waals surface area (Å²) in [5.74, 6) is 0. The highest BCUT2D eigenvalue weighted by atomic mass is 15.3. The van der Waals surface area contributed by atoms with Gasteiger partial charge in [-0.3, -0.25) is 4.68 Å². The Morgan fingerprint density at radius 3 is 3.19 bits per heavy atom. The summed E-state index contributed by atoms with van der Waals surface area (Å²) < 4.78 is 2.19. The van der Waals surface area contributed by atoms with Crippen molar-refractivity contribution < 1.29 is 0 Å². The van der Waals surface area contributed by atoms with E-state index in [1.165, 1.54) is 22.9 Å². The number of nitrogens with zero attached hydrogens (tertiary/aromatic N) is 2. The molecule has 1 aromatic heterocycles. The first kappa shape index (κ1) is 9.85. The van der Waals surface area contributed by atoms with Crippen LogP contribution in [-0.4, -0.2) is 22.9 Å². The monoisotopic (exact) mass is 215 g/mol. The highest BCUT2D eigenvalue weighted by molar-refractivity contribution is 5.79. The summed E-state index contributed by atoms with van der Waals surface area (Å²) in [4.78, 5) is 0. The fraction of sp³-hybridized carbons (Fsp3) is 0.462. The first-order valence-corrected chi connectivity index (χ1v) is 6.05. The lowest BCUT2D eigenvalue weighted by Gasteiger charge is -2.11. The van der Waals surface area contributed by atoms with Gasteiger partial charge < -0.3 is 5.32 Å². The predicted molar refractivity (Wildman–Crippen MR) is 65.6 cm³/mol. The topological polar surface area (TPSA) is 29.9 Å². The number of aryl methyl sites for hydroxylation is 1. The second-order valence-electron chi connectivity index (χ2n) is 4.48. The van der Waals surface area contributed by atoms with E-state index in [1.54, 1.807) is 0 Å². The van der Waals surface area contributed by atoms with E-state index in [9.17, 15) is 0 Å². The molecule has 0 radical (unpaired) electrons. The van der Waals surface area contributed by atoms with E-state index in [2.05, 4.69) is 40.2 Å². The highest BCUT2D eigenvalue weighted by Gasteiger charge is 2.18. The molecule has 2 aromatic rings. The number of nitrogens with one attached hydrogen (secondary N) is 1. The number of hydrogen-bond acceptors (Lipinski definition) is 2. The maximum atomic E-state index is 4.53. The average Bonchev–Trinajstić information content (AvgIpc) is 2.96. The zero-order chi connectivity index (χ0) is 11.0. The summed E-state index contributed by atoms with van der Waals surface area (Å²) in [6.07, 6.45) is 4.25. The van der Waals surface area contributed by atoms with Gasteiger partial charge in [-0.2, -0.15) is 5.10 Å². The highest BCUT2D eigenvalue weighted by Crippen LogP contribution is 2.22. The third-order valence-electron chi connectivity index (χ3n) is 3.45. The van der Waals surface area contributed by atoms with Gasteiger partial charge >= 0.3 is 0 Å². The smallest absolute Gasteiger partial charge is 0.0689 e. The van der Waals surface area contributed by atoms with Crippen LogP contribution >= 0.6 is 0 Å². The number of rotatable bonds is 2. The summed E-state index contributed by atoms with van der Waals surface area (Å²) in [5.41, 5.74) is 2.67. The Bertz CT molecular complexity index is 495. The van der Waals surface area contributed by atoms with Crippen LogP contribution in [0.5, 0.6) is 0 Å². The fourth-order valence-corrected chi connectivity index (χ4v) is 2.44. The summed E-state index contributed by atoms with van der Waals surface area (Å²) in [7, 11) is 0. The first-order valence-electron chi connectivity index (χ1n) is 6.05. The van der Waals surface area contributed by atoms with Gasteiger partial charge in [-0.1, -0.05) is 19.1 Å². The standard InChI is InChI=1S/C13H17N3/c1-2-10-3-4-11-8-15-16(13(11)7-10)12-5-6-14-9-12/h3-4,7-8,12,14H,2,5-6,9H2,1H3. The molecule has 16 heavy (non-hydrogen) atoms. The van der Waals surface area contributed by atoms with Crippen LogP contribution < -0.4 is 5.32 Å². The van der Waals surface area contributed by atoms with Crippen LogP contribution in [0.1, 0.15) is 24.9 Å². The molecular formula is C13H17N3. The Hall–Kier alpha value is -1.35. The van der Waals surface area contributed by atoms with Crippen molar-refractivity contribution >= 4 is 10.9 Å². The number of aromatic nitrogens is 2. The minimum Gasteiger partial charge on any atom is -0.315 e. The number of benzene rings is 1. The Morgan fingerprint density at radius 1 is 1.50 bits per heavy atom. The Balaban J connectivity index is 2.09. The summed E-state index contributed by atoms with van der Waals surface area (Å²) in [6.45, 7) is 4.35. The fourth-order valence-electron chi connectivity index (χ4n) is 2.44. The molecule has 1 N–H and O–H groups in total. The quantitative estimate of drug-likeness (QED) is 0.831. The van der Waals surface area contributed by atoms with E-state index in [0.29, 0.717) is 6.04 Å². The molecule has 1 aliphatic heterocycles. The number of fused-ring (bicyclic) bond motifs is 1. The molecule has 0 amide bonds. The van der Waals surface area contributed by atoms with Crippen LogP contribution in [0.3, 0.4) is 0 Å². The third kappa shape index (κ3) is 1.52. The van der Waals surface area contributed by atoms with Crippen LogP contribution in [0.4, 0.5) is 0 Å². The van der Waals surface area contributed by atoms with E-state index >= 15 is 0 Å². The van der Waals surface area contributed by atoms with Gasteiger partial charge in [0.05, 0.1) is 17.8 Å². The van der Waals surface area contributed by atoms with Gasteiger partial charge in [-0.25, -0.2) is 0 Å². The summed E-state index contributed by atoms with van der Waals surface area (Å²) >= 11 is 0. The Kier molecular flexibility index (Phi) is 2.40. The molecule has 0 saturated carbocycles. The van der Waals surface area contributed by atoms with Gasteiger partial charge in [0.15, 0.2) is 0 Å². The number of hydrogen-bond donors (Lipinski definition) is 1. The van der Waals surface area contributed by atoms with Crippen molar-refractivity contribution in [1.29, 1.82) is 0 Å². The van der Waals surface area contributed by atoms with Crippen molar-refractivity contribution in [1.82, 2.24) is 15.1 Å². The van der Waals surface area contributed by atoms with Crippen molar-refractivity contribution in [2.24, 2.45) is 0 Å². The lowest BCUT2D eigenvalue weighted by atomic mass is 10.1. The van der Waals surface area contributed by atoms with Crippen molar-refractivity contribution in [2.75, 3.05) is 13.1 Å². The summed E-state index contributed by atoms with van der Waals surface area (Å²) in [5, 5.41) is 9.18. The Labute approximate surface area is 95.5 Å². The summed E-state index contributed by atoms with van der Waals surface area (Å²) in [6, 6.07) is 7.19. The molecule has 1 aliphatic rings. The van der Waals surface area contributed by atoms with Gasteiger partial charge in [0.25, 0.3) is 0 Å². The molecule has 3 rings (SSSR count). The van der Waals surface area contributed by atoms with E-state index in [1.807, 2.05) is 6.20 Å². The molecule has 0 spiro atoms. The largest absolute Gasteiger partial charge is 0.315 e. The molecule has 2 heterocycles. The molecule has 1 saturated heterocycles. The molecule has 84 valence electrons. The first-order chi connectivity index (χ1) is 7.88. The van der Waals surface area contributed by atoms with Gasteiger partial charge in [0.2, 0.25) is 0 Å². The molecule has 1 fully saturated rings. The lowest BCUT2D eigenvalue weighted by molar-refractivity contribution is 0.506. The molecule has 0 aliphatic carbocycles. The van der Waals surface area contributed by atoms with Crippen molar-refractivity contribution in [3.63, 3.8) is 0 Å². The van der Waals surface area contributed by atoms with Gasteiger partial charge in [0, 0.05) is 11.9 Å². The molecule has 1 atom stereocenters. The second kappa shape index (κ2) is 3.91. The van der Waals surface area contributed by atoms with Crippen LogP contribution in [0.25, 0.3) is 10.9 Å². The normalized spacial score (nSPS) is 20.7. The van der Waals surface area contributed by atoms with Crippen LogP contribution in [0.2, 0.25) is 0 Å². The molecular weight excluding hydrogens is 198 g/mol. The zero-order valence-corrected chi connectivity index (χ0v) is 9.61. The average molecular weight is 215 g/mol. The predicted octanol–water partition coefficient (Wildman–Crippen LogP) is 2.13. The van der Waals surface area contributed by atoms with Crippen LogP contribution in [0.15, 0.2) is 24.4 Å². The van der Waals surface area contributed by atoms with Gasteiger partial charge in [-0.15, -0.1) is 0 Å². The molecule has 3 heteroatoms.